The molecule has 4 heteroatoms. The maximum Gasteiger partial charge on any atom is 0.123 e. The molecule has 1 saturated heterocycles. The topological polar surface area (TPSA) is 41.9 Å². The van der Waals surface area contributed by atoms with Crippen molar-refractivity contribution >= 4 is 0 Å². The molecule has 4 nitrogen and oxygen atoms in total. The highest BCUT2D eigenvalue weighted by atomic mass is 16.5. The Balaban J connectivity index is 1.33. The Morgan fingerprint density at radius 2 is 1.79 bits per heavy atom. The molecule has 1 fully saturated rings. The van der Waals surface area contributed by atoms with Crippen LogP contribution in [0.5, 0.6) is 11.5 Å². The Morgan fingerprint density at radius 3 is 2.59 bits per heavy atom. The highest BCUT2D eigenvalue weighted by Gasteiger charge is 2.26. The molecule has 0 saturated carbocycles. The smallest absolute Gasteiger partial charge is 0.123 e. The number of ether oxygens (including phenoxy) is 2. The van der Waals surface area contributed by atoms with Gasteiger partial charge in [-0.3, -0.25) is 4.90 Å². The lowest BCUT2D eigenvalue weighted by atomic mass is 9.88. The van der Waals surface area contributed by atoms with Crippen LogP contribution in [-0.2, 0) is 13.0 Å². The molecule has 0 radical (unpaired) electrons. The highest BCUT2D eigenvalue weighted by Crippen LogP contribution is 2.29. The van der Waals surface area contributed by atoms with Gasteiger partial charge < -0.3 is 14.6 Å². The Morgan fingerprint density at radius 1 is 0.971 bits per heavy atom. The molecule has 8 rings (SSSR count). The number of rotatable bonds is 3. The Hall–Kier alpha value is -2.56. The third-order valence-electron chi connectivity index (χ3n) is 7.53. The monoisotopic (exact) mass is 459 g/mol. The van der Waals surface area contributed by atoms with Crippen molar-refractivity contribution in [2.24, 2.45) is 11.8 Å². The van der Waals surface area contributed by atoms with Gasteiger partial charge in [0.25, 0.3) is 0 Å². The zero-order valence-electron chi connectivity index (χ0n) is 20.1. The van der Waals surface area contributed by atoms with Crippen LogP contribution in [0.25, 0.3) is 0 Å². The van der Waals surface area contributed by atoms with Gasteiger partial charge in [-0.1, -0.05) is 54.1 Å². The van der Waals surface area contributed by atoms with Crippen LogP contribution in [-0.4, -0.2) is 42.4 Å². The molecule has 6 bridgehead atoms. The number of hydrogen-bond acceptors (Lipinski definition) is 4. The zero-order chi connectivity index (χ0) is 23.2. The second-order valence-corrected chi connectivity index (χ2v) is 10.1. The van der Waals surface area contributed by atoms with Gasteiger partial charge in [0.2, 0.25) is 0 Å². The summed E-state index contributed by atoms with van der Waals surface area (Å²) in [6, 6.07) is 17.2. The fourth-order valence-electron chi connectivity index (χ4n) is 5.45. The molecule has 1 aliphatic carbocycles. The lowest BCUT2D eigenvalue weighted by molar-refractivity contribution is 0.139. The Labute approximate surface area is 203 Å². The molecule has 3 atom stereocenters. The summed E-state index contributed by atoms with van der Waals surface area (Å²) in [6.07, 6.45) is 13.8. The molecular weight excluding hydrogens is 422 g/mol. The van der Waals surface area contributed by atoms with E-state index in [2.05, 4.69) is 47.4 Å². The summed E-state index contributed by atoms with van der Waals surface area (Å²) in [6.45, 7) is 3.71. The van der Waals surface area contributed by atoms with Crippen molar-refractivity contribution in [2.75, 3.05) is 26.3 Å². The predicted octanol–water partition coefficient (Wildman–Crippen LogP) is 5.56. The average molecular weight is 460 g/mol. The van der Waals surface area contributed by atoms with E-state index in [0.717, 1.165) is 56.7 Å². The summed E-state index contributed by atoms with van der Waals surface area (Å²) in [5.74, 6) is 2.69. The molecule has 6 aliphatic rings. The summed E-state index contributed by atoms with van der Waals surface area (Å²) in [5.41, 5.74) is 4.01. The van der Waals surface area contributed by atoms with Crippen LogP contribution in [0, 0.1) is 11.8 Å². The normalized spacial score (nSPS) is 25.7. The van der Waals surface area contributed by atoms with Crippen LogP contribution in [0.3, 0.4) is 0 Å². The standard InChI is InChI=1S/C30H37NO3/c32-20-28-3-2-16-31(28)19-27-15-8-23-6-11-25(12-7-23)21-33-29-4-1-5-30(18-29)34-22-26-13-9-24(17-27)10-14-26/h1,4-7,9-13,18,26-28,32H,2-3,8,14-17,19-22H2/t26?,27?,28-/m0/s1. The predicted molar refractivity (Wildman–Crippen MR) is 136 cm³/mol. The lowest BCUT2D eigenvalue weighted by Gasteiger charge is -2.29. The molecule has 5 aliphatic heterocycles. The molecule has 2 aromatic rings. The van der Waals surface area contributed by atoms with Crippen LogP contribution < -0.4 is 9.47 Å². The van der Waals surface area contributed by atoms with E-state index in [4.69, 9.17) is 9.47 Å². The summed E-state index contributed by atoms with van der Waals surface area (Å²) in [7, 11) is 0. The van der Waals surface area contributed by atoms with E-state index in [-0.39, 0.29) is 6.61 Å². The van der Waals surface area contributed by atoms with Crippen LogP contribution in [0.4, 0.5) is 0 Å². The van der Waals surface area contributed by atoms with Crippen molar-refractivity contribution in [2.45, 2.75) is 51.2 Å². The summed E-state index contributed by atoms with van der Waals surface area (Å²) in [4.78, 5) is 2.53. The van der Waals surface area contributed by atoms with Crippen LogP contribution in [0.2, 0.25) is 0 Å². The maximum atomic E-state index is 9.81. The molecule has 0 spiro atoms. The summed E-state index contributed by atoms with van der Waals surface area (Å²) >= 11 is 0. The van der Waals surface area contributed by atoms with E-state index in [1.54, 1.807) is 0 Å². The quantitative estimate of drug-likeness (QED) is 0.653. The number of aliphatic hydroxyl groups excluding tert-OH is 1. The molecule has 2 aromatic carbocycles. The minimum Gasteiger partial charge on any atom is -0.493 e. The van der Waals surface area contributed by atoms with Crippen molar-refractivity contribution in [3.05, 3.63) is 83.5 Å². The number of aliphatic hydroxyl groups is 1. The molecule has 1 N–H and O–H groups in total. The summed E-state index contributed by atoms with van der Waals surface area (Å²) < 4.78 is 12.1. The van der Waals surface area contributed by atoms with Crippen LogP contribution in [0.1, 0.15) is 43.2 Å². The van der Waals surface area contributed by atoms with Gasteiger partial charge in [0.1, 0.15) is 18.1 Å². The van der Waals surface area contributed by atoms with E-state index in [9.17, 15) is 5.11 Å². The lowest BCUT2D eigenvalue weighted by Crippen LogP contribution is -2.36. The molecule has 5 heterocycles. The molecule has 0 amide bonds. The average Bonchev–Trinajstić information content (AvgIpc) is 3.33. The second-order valence-electron chi connectivity index (χ2n) is 10.1. The SMILES string of the molecule is OC[C@@H]1CCCN1CC1CCc2ccc(cc2)COc2cccc(c2)OCC2C=CC(=CC2)C1. The largest absolute Gasteiger partial charge is 0.493 e. The Kier molecular flexibility index (Phi) is 7.67. The number of hydrogen-bond donors (Lipinski definition) is 1. The van der Waals surface area contributed by atoms with E-state index in [0.29, 0.717) is 31.1 Å². The number of allylic oxidation sites excluding steroid dienone is 3. The third kappa shape index (κ3) is 6.11. The number of benzene rings is 2. The number of nitrogens with zero attached hydrogens (tertiary/aromatic N) is 1. The molecular formula is C30H37NO3. The molecule has 180 valence electrons. The van der Waals surface area contributed by atoms with Gasteiger partial charge >= 0.3 is 0 Å². The van der Waals surface area contributed by atoms with Gasteiger partial charge in [-0.25, -0.2) is 0 Å². The van der Waals surface area contributed by atoms with E-state index >= 15 is 0 Å². The zero-order valence-corrected chi connectivity index (χ0v) is 20.1. The van der Waals surface area contributed by atoms with Gasteiger partial charge in [-0.2, -0.15) is 0 Å². The highest BCUT2D eigenvalue weighted by molar-refractivity contribution is 5.34. The molecule has 2 unspecified atom stereocenters. The fourth-order valence-corrected chi connectivity index (χ4v) is 5.45. The molecule has 0 aromatic heterocycles. The summed E-state index contributed by atoms with van der Waals surface area (Å²) in [5, 5.41) is 9.81. The van der Waals surface area contributed by atoms with Gasteiger partial charge in [-0.15, -0.1) is 0 Å². The Bertz CT molecular complexity index is 996. The minimum atomic E-state index is 0.281. The van der Waals surface area contributed by atoms with Gasteiger partial charge in [-0.05, 0) is 74.2 Å². The maximum absolute atomic E-state index is 9.81. The first kappa shape index (κ1) is 23.2. The third-order valence-corrected chi connectivity index (χ3v) is 7.53. The fraction of sp³-hybridized carbons (Fsp3) is 0.467. The second kappa shape index (κ2) is 11.2. The van der Waals surface area contributed by atoms with Crippen molar-refractivity contribution in [1.29, 1.82) is 0 Å². The van der Waals surface area contributed by atoms with E-state index in [1.807, 2.05) is 24.3 Å². The van der Waals surface area contributed by atoms with Crippen molar-refractivity contribution in [1.82, 2.24) is 4.90 Å². The first-order valence-corrected chi connectivity index (χ1v) is 12.9. The van der Waals surface area contributed by atoms with E-state index < -0.39 is 0 Å². The number of aryl methyl sites for hydroxylation is 1. The van der Waals surface area contributed by atoms with Gasteiger partial charge in [0, 0.05) is 24.6 Å². The minimum absolute atomic E-state index is 0.281. The number of likely N-dealkylation sites (tertiary alicyclic amines) is 1. The van der Waals surface area contributed by atoms with Gasteiger partial charge in [0.05, 0.1) is 13.2 Å². The first-order valence-electron chi connectivity index (χ1n) is 12.9. The van der Waals surface area contributed by atoms with E-state index in [1.165, 1.54) is 23.1 Å². The van der Waals surface area contributed by atoms with Crippen molar-refractivity contribution < 1.29 is 14.6 Å². The molecule has 34 heavy (non-hydrogen) atoms. The van der Waals surface area contributed by atoms with Crippen LogP contribution >= 0.6 is 0 Å². The van der Waals surface area contributed by atoms with Crippen molar-refractivity contribution in [3.8, 4) is 11.5 Å². The van der Waals surface area contributed by atoms with Crippen LogP contribution in [0.15, 0.2) is 72.3 Å². The van der Waals surface area contributed by atoms with Crippen molar-refractivity contribution in [3.63, 3.8) is 0 Å². The first-order chi connectivity index (χ1) is 16.7. The van der Waals surface area contributed by atoms with Gasteiger partial charge in [0.15, 0.2) is 0 Å².